The van der Waals surface area contributed by atoms with Crippen LogP contribution < -0.4 is 10.5 Å². The Morgan fingerprint density at radius 2 is 1.81 bits per heavy atom. The molecule has 0 amide bonds. The number of hydrogen-bond acceptors (Lipinski definition) is 4. The fourth-order valence-electron chi connectivity index (χ4n) is 1.99. The molecule has 5 nitrogen and oxygen atoms in total. The summed E-state index contributed by atoms with van der Waals surface area (Å²) >= 11 is 0. The number of rotatable bonds is 4. The Balaban J connectivity index is 2.25. The average Bonchev–Trinajstić information content (AvgIpc) is 2.41. The molecule has 1 aromatic heterocycles. The van der Waals surface area contributed by atoms with E-state index in [0.29, 0.717) is 5.69 Å². The maximum absolute atomic E-state index is 12.4. The van der Waals surface area contributed by atoms with E-state index in [2.05, 4.69) is 9.71 Å². The van der Waals surface area contributed by atoms with Gasteiger partial charge in [0.05, 0.1) is 17.9 Å². The number of nitrogens with one attached hydrogen (secondary N) is 1. The quantitative estimate of drug-likeness (QED) is 0.847. The molecule has 6 heteroatoms. The molecule has 2 aromatic rings. The second-order valence-corrected chi connectivity index (χ2v) is 6.80. The van der Waals surface area contributed by atoms with Crippen molar-refractivity contribution in [2.45, 2.75) is 32.2 Å². The van der Waals surface area contributed by atoms with E-state index in [0.717, 1.165) is 16.8 Å². The van der Waals surface area contributed by atoms with Crippen LogP contribution in [0.25, 0.3) is 0 Å². The van der Waals surface area contributed by atoms with Crippen LogP contribution >= 0.6 is 0 Å². The Morgan fingerprint density at radius 3 is 2.48 bits per heavy atom. The summed E-state index contributed by atoms with van der Waals surface area (Å²) in [6, 6.07) is 8.75. The summed E-state index contributed by atoms with van der Waals surface area (Å²) < 4.78 is 27.2. The number of sulfonamides is 1. The summed E-state index contributed by atoms with van der Waals surface area (Å²) in [7, 11) is -3.66. The first-order chi connectivity index (χ1) is 9.79. The Morgan fingerprint density at radius 1 is 1.14 bits per heavy atom. The number of anilines is 1. The summed E-state index contributed by atoms with van der Waals surface area (Å²) in [4.78, 5) is 4.38. The summed E-state index contributed by atoms with van der Waals surface area (Å²) in [6.07, 6.45) is 0. The van der Waals surface area contributed by atoms with Gasteiger partial charge in [-0.25, -0.2) is 13.1 Å². The van der Waals surface area contributed by atoms with Crippen LogP contribution in [0.2, 0.25) is 0 Å². The molecule has 0 spiro atoms. The molecule has 3 N–H and O–H groups in total. The van der Waals surface area contributed by atoms with Gasteiger partial charge in [0.2, 0.25) is 10.0 Å². The van der Waals surface area contributed by atoms with Crippen molar-refractivity contribution in [2.75, 3.05) is 5.73 Å². The van der Waals surface area contributed by atoms with Crippen molar-refractivity contribution in [3.05, 3.63) is 52.8 Å². The lowest BCUT2D eigenvalue weighted by atomic mass is 10.1. The molecule has 0 aliphatic heterocycles. The molecule has 112 valence electrons. The van der Waals surface area contributed by atoms with Gasteiger partial charge in [-0.05, 0) is 56.2 Å². The number of aromatic nitrogens is 1. The lowest BCUT2D eigenvalue weighted by molar-refractivity contribution is 0.580. The normalized spacial score (nSPS) is 11.6. The number of benzene rings is 1. The van der Waals surface area contributed by atoms with Crippen LogP contribution in [0.5, 0.6) is 0 Å². The minimum Gasteiger partial charge on any atom is -0.398 e. The molecule has 1 aromatic carbocycles. The second kappa shape index (κ2) is 5.83. The molecule has 0 radical (unpaired) electrons. The highest BCUT2D eigenvalue weighted by atomic mass is 32.2. The number of nitrogens with two attached hydrogens (primary N) is 1. The van der Waals surface area contributed by atoms with E-state index < -0.39 is 10.0 Å². The summed E-state index contributed by atoms with van der Waals surface area (Å²) in [6.45, 7) is 5.75. The molecule has 0 saturated carbocycles. The molecular weight excluding hydrogens is 286 g/mol. The van der Waals surface area contributed by atoms with Gasteiger partial charge in [0.15, 0.2) is 0 Å². The van der Waals surface area contributed by atoms with E-state index in [1.807, 2.05) is 32.9 Å². The molecule has 0 saturated heterocycles. The van der Waals surface area contributed by atoms with E-state index >= 15 is 0 Å². The van der Waals surface area contributed by atoms with Crippen LogP contribution in [0.1, 0.15) is 22.5 Å². The first-order valence-electron chi connectivity index (χ1n) is 6.58. The Labute approximate surface area is 125 Å². The van der Waals surface area contributed by atoms with Crippen molar-refractivity contribution in [1.82, 2.24) is 9.71 Å². The molecular formula is C15H19N3O2S. The van der Waals surface area contributed by atoms with Gasteiger partial charge in [-0.15, -0.1) is 0 Å². The van der Waals surface area contributed by atoms with Gasteiger partial charge >= 0.3 is 0 Å². The number of hydrogen-bond donors (Lipinski definition) is 2. The first kappa shape index (κ1) is 15.5. The van der Waals surface area contributed by atoms with Crippen LogP contribution in [0, 0.1) is 20.8 Å². The fraction of sp³-hybridized carbons (Fsp3) is 0.267. The highest BCUT2D eigenvalue weighted by molar-refractivity contribution is 7.89. The lowest BCUT2D eigenvalue weighted by Gasteiger charge is -2.11. The molecule has 2 rings (SSSR count). The number of pyridine rings is 1. The van der Waals surface area contributed by atoms with E-state index in [9.17, 15) is 8.42 Å². The zero-order valence-electron chi connectivity index (χ0n) is 12.3. The average molecular weight is 305 g/mol. The largest absolute Gasteiger partial charge is 0.398 e. The van der Waals surface area contributed by atoms with Gasteiger partial charge in [-0.2, -0.15) is 0 Å². The smallest absolute Gasteiger partial charge is 0.242 e. The predicted molar refractivity (Wildman–Crippen MR) is 83.3 cm³/mol. The molecule has 0 fully saturated rings. The summed E-state index contributed by atoms with van der Waals surface area (Å²) in [5.41, 5.74) is 9.45. The molecule has 0 unspecified atom stereocenters. The summed E-state index contributed by atoms with van der Waals surface area (Å²) in [5.74, 6) is 0. The van der Waals surface area contributed by atoms with Crippen LogP contribution in [-0.4, -0.2) is 13.4 Å². The third-order valence-corrected chi connectivity index (χ3v) is 4.76. The second-order valence-electron chi connectivity index (χ2n) is 5.07. The van der Waals surface area contributed by atoms with Crippen molar-refractivity contribution >= 4 is 15.7 Å². The highest BCUT2D eigenvalue weighted by Crippen LogP contribution is 2.22. The Kier molecular flexibility index (Phi) is 4.29. The molecule has 0 aliphatic carbocycles. The SMILES string of the molecule is Cc1cccc(CNS(=O)(=O)c2cc(C)c(C)cc2N)n1. The molecule has 0 aliphatic rings. The third kappa shape index (κ3) is 3.59. The highest BCUT2D eigenvalue weighted by Gasteiger charge is 2.18. The van der Waals surface area contributed by atoms with Gasteiger partial charge in [0, 0.05) is 5.69 Å². The van der Waals surface area contributed by atoms with E-state index in [4.69, 9.17) is 5.73 Å². The van der Waals surface area contributed by atoms with Gasteiger partial charge in [0.1, 0.15) is 4.90 Å². The molecule has 1 heterocycles. The summed E-state index contributed by atoms with van der Waals surface area (Å²) in [5, 5.41) is 0. The maximum atomic E-state index is 12.4. The lowest BCUT2D eigenvalue weighted by Crippen LogP contribution is -2.25. The third-order valence-electron chi connectivity index (χ3n) is 3.30. The van der Waals surface area contributed by atoms with E-state index in [-0.39, 0.29) is 17.1 Å². The maximum Gasteiger partial charge on any atom is 0.242 e. The van der Waals surface area contributed by atoms with Crippen LogP contribution in [-0.2, 0) is 16.6 Å². The molecule has 0 atom stereocenters. The van der Waals surface area contributed by atoms with E-state index in [1.54, 1.807) is 18.2 Å². The van der Waals surface area contributed by atoms with Crippen LogP contribution in [0.3, 0.4) is 0 Å². The first-order valence-corrected chi connectivity index (χ1v) is 8.07. The van der Waals surface area contributed by atoms with Gasteiger partial charge in [-0.1, -0.05) is 6.07 Å². The van der Waals surface area contributed by atoms with Crippen LogP contribution in [0.4, 0.5) is 5.69 Å². The van der Waals surface area contributed by atoms with Crippen molar-refractivity contribution in [3.63, 3.8) is 0 Å². The number of nitrogen functional groups attached to an aromatic ring is 1. The molecule has 0 bridgehead atoms. The molecule has 21 heavy (non-hydrogen) atoms. The van der Waals surface area contributed by atoms with Crippen molar-refractivity contribution in [2.24, 2.45) is 0 Å². The minimum absolute atomic E-state index is 0.109. The van der Waals surface area contributed by atoms with Gasteiger partial charge < -0.3 is 5.73 Å². The topological polar surface area (TPSA) is 85.1 Å². The monoisotopic (exact) mass is 305 g/mol. The Hall–Kier alpha value is -1.92. The zero-order valence-corrected chi connectivity index (χ0v) is 13.2. The van der Waals surface area contributed by atoms with Gasteiger partial charge in [-0.3, -0.25) is 4.98 Å². The predicted octanol–water partition coefficient (Wildman–Crippen LogP) is 2.07. The van der Waals surface area contributed by atoms with Gasteiger partial charge in [0.25, 0.3) is 0 Å². The standard InChI is InChI=1S/C15H19N3O2S/c1-10-7-14(16)15(8-11(10)2)21(19,20)17-9-13-6-4-5-12(3)18-13/h4-8,17H,9,16H2,1-3H3. The van der Waals surface area contributed by atoms with Crippen molar-refractivity contribution < 1.29 is 8.42 Å². The Bertz CT molecular complexity index is 770. The fourth-order valence-corrected chi connectivity index (χ4v) is 3.18. The van der Waals surface area contributed by atoms with E-state index in [1.165, 1.54) is 0 Å². The number of aryl methyl sites for hydroxylation is 3. The zero-order chi connectivity index (χ0) is 15.6. The van der Waals surface area contributed by atoms with Crippen LogP contribution in [0.15, 0.2) is 35.2 Å². The van der Waals surface area contributed by atoms with Crippen molar-refractivity contribution in [1.29, 1.82) is 0 Å². The minimum atomic E-state index is -3.66. The number of nitrogens with zero attached hydrogens (tertiary/aromatic N) is 1. The van der Waals surface area contributed by atoms with Crippen molar-refractivity contribution in [3.8, 4) is 0 Å².